The Bertz CT molecular complexity index is 290. The first-order valence-electron chi connectivity index (χ1n) is 3.15. The van der Waals surface area contributed by atoms with Gasteiger partial charge in [0.25, 0.3) is 0 Å². The summed E-state index contributed by atoms with van der Waals surface area (Å²) in [5.74, 6) is -0.537. The zero-order chi connectivity index (χ0) is 8.97. The Labute approximate surface area is 69.1 Å². The van der Waals surface area contributed by atoms with Crippen LogP contribution in [-0.4, -0.2) is 19.0 Å². The maximum Gasteiger partial charge on any atom is 0.569 e. The second kappa shape index (κ2) is 3.87. The van der Waals surface area contributed by atoms with E-state index in [2.05, 4.69) is 4.65 Å². The number of aldehydes is 1. The fraction of sp³-hybridized carbons (Fsp3) is 0. The predicted molar refractivity (Wildman–Crippen MR) is 40.4 cm³/mol. The number of carbonyl (C=O) groups is 1. The van der Waals surface area contributed by atoms with Crippen LogP contribution in [0.2, 0.25) is 0 Å². The number of halogens is 1. The number of carbonyl (C=O) groups excluding carboxylic acids is 1. The Morgan fingerprint density at radius 2 is 2.33 bits per heavy atom. The molecule has 1 aromatic rings. The van der Waals surface area contributed by atoms with Crippen LogP contribution in [0.3, 0.4) is 0 Å². The van der Waals surface area contributed by atoms with E-state index in [1.54, 1.807) is 0 Å². The smallest absolute Gasteiger partial charge is 0.537 e. The molecule has 0 saturated carbocycles. The molecule has 1 radical (unpaired) electrons. The zero-order valence-electron chi connectivity index (χ0n) is 6.03. The number of hydrogen-bond acceptors (Lipinski definition) is 3. The zero-order valence-corrected chi connectivity index (χ0v) is 6.03. The van der Waals surface area contributed by atoms with E-state index in [1.165, 1.54) is 12.1 Å². The molecule has 0 aliphatic carbocycles. The van der Waals surface area contributed by atoms with Crippen molar-refractivity contribution in [2.24, 2.45) is 0 Å². The second-order valence-electron chi connectivity index (χ2n) is 2.02. The van der Waals surface area contributed by atoms with Gasteiger partial charge in [-0.25, -0.2) is 4.39 Å². The summed E-state index contributed by atoms with van der Waals surface area (Å²) in [7, 11) is 0.440. The highest BCUT2D eigenvalue weighted by molar-refractivity contribution is 6.17. The first-order chi connectivity index (χ1) is 5.77. The van der Waals surface area contributed by atoms with Gasteiger partial charge < -0.3 is 9.68 Å². The lowest BCUT2D eigenvalue weighted by Crippen LogP contribution is -2.00. The molecular formula is C7H5BFO3. The molecule has 0 fully saturated rings. The van der Waals surface area contributed by atoms with Crippen LogP contribution in [0, 0.1) is 5.82 Å². The standard InChI is InChI=1S/C7H5BFO3/c9-7-3-6(12-8-11)2-1-5(7)4-10/h1-4,11H. The molecule has 3 nitrogen and oxygen atoms in total. The third-order valence-electron chi connectivity index (χ3n) is 1.29. The van der Waals surface area contributed by atoms with Crippen molar-refractivity contribution in [2.45, 2.75) is 0 Å². The van der Waals surface area contributed by atoms with Crippen LogP contribution in [0.1, 0.15) is 10.4 Å². The summed E-state index contributed by atoms with van der Waals surface area (Å²) >= 11 is 0. The van der Waals surface area contributed by atoms with E-state index >= 15 is 0 Å². The van der Waals surface area contributed by atoms with Gasteiger partial charge in [-0.3, -0.25) is 4.79 Å². The fourth-order valence-electron chi connectivity index (χ4n) is 0.738. The van der Waals surface area contributed by atoms with E-state index < -0.39 is 5.82 Å². The van der Waals surface area contributed by atoms with Crippen LogP contribution < -0.4 is 4.65 Å². The highest BCUT2D eigenvalue weighted by atomic mass is 19.1. The first-order valence-corrected chi connectivity index (χ1v) is 3.15. The molecule has 12 heavy (non-hydrogen) atoms. The van der Waals surface area contributed by atoms with E-state index in [-0.39, 0.29) is 11.3 Å². The Kier molecular flexibility index (Phi) is 2.82. The summed E-state index contributed by atoms with van der Waals surface area (Å²) in [5, 5.41) is 8.20. The quantitative estimate of drug-likeness (QED) is 0.527. The van der Waals surface area contributed by atoms with Crippen molar-refractivity contribution in [2.75, 3.05) is 0 Å². The van der Waals surface area contributed by atoms with Gasteiger partial charge in [0.1, 0.15) is 11.6 Å². The summed E-state index contributed by atoms with van der Waals surface area (Å²) in [4.78, 5) is 10.2. The Hall–Kier alpha value is -1.36. The van der Waals surface area contributed by atoms with Gasteiger partial charge in [0, 0.05) is 6.07 Å². The van der Waals surface area contributed by atoms with Crippen LogP contribution in [0.4, 0.5) is 4.39 Å². The van der Waals surface area contributed by atoms with E-state index in [0.717, 1.165) is 6.07 Å². The van der Waals surface area contributed by atoms with Crippen molar-refractivity contribution in [1.29, 1.82) is 0 Å². The van der Waals surface area contributed by atoms with Crippen LogP contribution in [0.25, 0.3) is 0 Å². The van der Waals surface area contributed by atoms with Crippen molar-refractivity contribution in [3.63, 3.8) is 0 Å². The summed E-state index contributed by atoms with van der Waals surface area (Å²) in [6, 6.07) is 3.65. The van der Waals surface area contributed by atoms with Crippen LogP contribution >= 0.6 is 0 Å². The molecule has 0 aromatic heterocycles. The molecule has 0 aliphatic rings. The van der Waals surface area contributed by atoms with Gasteiger partial charge in [-0.2, -0.15) is 0 Å². The van der Waals surface area contributed by atoms with Gasteiger partial charge in [-0.1, -0.05) is 0 Å². The molecular weight excluding hydrogens is 162 g/mol. The molecule has 1 N–H and O–H groups in total. The van der Waals surface area contributed by atoms with Crippen LogP contribution in [0.5, 0.6) is 5.75 Å². The van der Waals surface area contributed by atoms with Gasteiger partial charge in [0.2, 0.25) is 0 Å². The second-order valence-corrected chi connectivity index (χ2v) is 2.02. The summed E-state index contributed by atoms with van der Waals surface area (Å²) in [6.45, 7) is 0. The largest absolute Gasteiger partial charge is 0.569 e. The van der Waals surface area contributed by atoms with E-state index in [0.29, 0.717) is 14.0 Å². The lowest BCUT2D eigenvalue weighted by Gasteiger charge is -2.01. The van der Waals surface area contributed by atoms with Gasteiger partial charge in [-0.15, -0.1) is 0 Å². The van der Waals surface area contributed by atoms with Crippen molar-refractivity contribution in [3.05, 3.63) is 29.6 Å². The monoisotopic (exact) mass is 167 g/mol. The van der Waals surface area contributed by atoms with E-state index in [1.807, 2.05) is 0 Å². The van der Waals surface area contributed by atoms with Crippen LogP contribution in [-0.2, 0) is 0 Å². The highest BCUT2D eigenvalue weighted by Crippen LogP contribution is 2.14. The number of benzene rings is 1. The maximum atomic E-state index is 12.8. The highest BCUT2D eigenvalue weighted by Gasteiger charge is 2.02. The van der Waals surface area contributed by atoms with Crippen molar-refractivity contribution >= 4 is 14.0 Å². The molecule has 0 atom stereocenters. The third kappa shape index (κ3) is 1.82. The van der Waals surface area contributed by atoms with E-state index in [9.17, 15) is 9.18 Å². The fourth-order valence-corrected chi connectivity index (χ4v) is 0.738. The molecule has 0 unspecified atom stereocenters. The lowest BCUT2D eigenvalue weighted by atomic mass is 10.2. The third-order valence-corrected chi connectivity index (χ3v) is 1.29. The molecule has 1 rings (SSSR count). The predicted octanol–water partition coefficient (Wildman–Crippen LogP) is 0.544. The van der Waals surface area contributed by atoms with Crippen molar-refractivity contribution in [3.8, 4) is 5.75 Å². The van der Waals surface area contributed by atoms with Crippen molar-refractivity contribution in [1.82, 2.24) is 0 Å². The van der Waals surface area contributed by atoms with Gasteiger partial charge in [-0.05, 0) is 12.1 Å². The Morgan fingerprint density at radius 3 is 2.83 bits per heavy atom. The topological polar surface area (TPSA) is 46.5 Å². The molecule has 0 bridgehead atoms. The molecule has 0 heterocycles. The van der Waals surface area contributed by atoms with Gasteiger partial charge in [0.05, 0.1) is 5.56 Å². The minimum absolute atomic E-state index is 0.0414. The SMILES string of the molecule is O=Cc1ccc(O[B]O)cc1F. The summed E-state index contributed by atoms with van der Waals surface area (Å²) in [5.41, 5.74) is -0.0414. The van der Waals surface area contributed by atoms with E-state index in [4.69, 9.17) is 5.02 Å². The minimum Gasteiger partial charge on any atom is -0.537 e. The lowest BCUT2D eigenvalue weighted by molar-refractivity contribution is 0.112. The maximum absolute atomic E-state index is 12.8. The van der Waals surface area contributed by atoms with Gasteiger partial charge >= 0.3 is 7.69 Å². The molecule has 0 amide bonds. The minimum atomic E-state index is -0.677. The molecule has 61 valence electrons. The Morgan fingerprint density at radius 1 is 1.58 bits per heavy atom. The molecule has 0 aliphatic heterocycles. The summed E-state index contributed by atoms with van der Waals surface area (Å²) < 4.78 is 17.2. The van der Waals surface area contributed by atoms with Crippen LogP contribution in [0.15, 0.2) is 18.2 Å². The first kappa shape index (κ1) is 8.74. The molecule has 0 saturated heterocycles. The molecule has 1 aromatic carbocycles. The van der Waals surface area contributed by atoms with Gasteiger partial charge in [0.15, 0.2) is 6.29 Å². The average Bonchev–Trinajstić information content (AvgIpc) is 2.05. The molecule has 5 heteroatoms. The van der Waals surface area contributed by atoms with Crippen molar-refractivity contribution < 1.29 is 18.9 Å². The molecule has 0 spiro atoms. The Balaban J connectivity index is 2.93. The number of hydrogen-bond donors (Lipinski definition) is 1. The summed E-state index contributed by atoms with van der Waals surface area (Å²) in [6.07, 6.45) is 0.405. The normalized spacial score (nSPS) is 9.17. The number of rotatable bonds is 3. The average molecular weight is 167 g/mol.